The highest BCUT2D eigenvalue weighted by molar-refractivity contribution is 5.90. The van der Waals surface area contributed by atoms with Crippen molar-refractivity contribution in [3.05, 3.63) is 0 Å². The molecule has 3 nitrogen and oxygen atoms in total. The zero-order chi connectivity index (χ0) is 8.51. The van der Waals surface area contributed by atoms with Gasteiger partial charge in [0.05, 0.1) is 0 Å². The normalized spacial score (nSPS) is 52.8. The van der Waals surface area contributed by atoms with Crippen LogP contribution in [0.15, 0.2) is 0 Å². The molecular formula is C9H10O3. The van der Waals surface area contributed by atoms with Crippen LogP contribution in [0.5, 0.6) is 0 Å². The van der Waals surface area contributed by atoms with Crippen LogP contribution in [0.1, 0.15) is 19.8 Å². The zero-order valence-corrected chi connectivity index (χ0v) is 6.87. The Hall–Kier alpha value is -0.860. The molecule has 0 bridgehead atoms. The van der Waals surface area contributed by atoms with Gasteiger partial charge >= 0.3 is 5.97 Å². The summed E-state index contributed by atoms with van der Waals surface area (Å²) in [5.41, 5.74) is -0.162. The van der Waals surface area contributed by atoms with Gasteiger partial charge in [-0.05, 0) is 6.42 Å². The molecule has 0 saturated heterocycles. The predicted molar refractivity (Wildman–Crippen MR) is 39.2 cm³/mol. The van der Waals surface area contributed by atoms with Gasteiger partial charge < -0.3 is 4.74 Å². The first-order valence-corrected chi connectivity index (χ1v) is 4.39. The molecule has 0 aliphatic heterocycles. The van der Waals surface area contributed by atoms with Gasteiger partial charge in [-0.15, -0.1) is 0 Å². The molecule has 2 unspecified atom stereocenters. The molecule has 12 heavy (non-hydrogen) atoms. The maximum absolute atomic E-state index is 11.1. The molecule has 64 valence electrons. The van der Waals surface area contributed by atoms with Gasteiger partial charge in [-0.3, -0.25) is 9.59 Å². The third-order valence-corrected chi connectivity index (χ3v) is 3.51. The fourth-order valence-electron chi connectivity index (χ4n) is 2.95. The molecule has 0 amide bonds. The lowest BCUT2D eigenvalue weighted by molar-refractivity contribution is -0.159. The number of ether oxygens (including phenoxy) is 1. The van der Waals surface area contributed by atoms with Crippen molar-refractivity contribution in [2.24, 2.45) is 17.8 Å². The van der Waals surface area contributed by atoms with E-state index < -0.39 is 0 Å². The van der Waals surface area contributed by atoms with E-state index in [2.05, 4.69) is 0 Å². The third-order valence-electron chi connectivity index (χ3n) is 3.51. The van der Waals surface area contributed by atoms with E-state index in [9.17, 15) is 9.59 Å². The summed E-state index contributed by atoms with van der Waals surface area (Å²) in [6.45, 7) is 1.44. The number of hydrogen-bond donors (Lipinski definition) is 0. The van der Waals surface area contributed by atoms with Gasteiger partial charge in [-0.1, -0.05) is 0 Å². The van der Waals surface area contributed by atoms with Gasteiger partial charge in [0.1, 0.15) is 11.4 Å². The highest BCUT2D eigenvalue weighted by Gasteiger charge is 2.89. The summed E-state index contributed by atoms with van der Waals surface area (Å²) in [4.78, 5) is 21.9. The fourth-order valence-corrected chi connectivity index (χ4v) is 2.95. The molecule has 3 saturated carbocycles. The summed E-state index contributed by atoms with van der Waals surface area (Å²) in [6.07, 6.45) is 1.39. The number of esters is 1. The van der Waals surface area contributed by atoms with Crippen molar-refractivity contribution in [1.82, 2.24) is 0 Å². The smallest absolute Gasteiger partial charge is 0.303 e. The van der Waals surface area contributed by atoms with Gasteiger partial charge in [0.15, 0.2) is 0 Å². The Morgan fingerprint density at radius 1 is 1.58 bits per heavy atom. The molecule has 3 heteroatoms. The third kappa shape index (κ3) is 0.520. The topological polar surface area (TPSA) is 43.4 Å². The first kappa shape index (κ1) is 6.63. The molecular weight excluding hydrogens is 156 g/mol. The van der Waals surface area contributed by atoms with Gasteiger partial charge in [0.2, 0.25) is 0 Å². The van der Waals surface area contributed by atoms with Crippen LogP contribution in [0.4, 0.5) is 0 Å². The molecule has 3 aliphatic rings. The van der Waals surface area contributed by atoms with Gasteiger partial charge in [-0.2, -0.15) is 0 Å². The summed E-state index contributed by atoms with van der Waals surface area (Å²) < 4.78 is 5.24. The van der Waals surface area contributed by atoms with Crippen LogP contribution in [0.3, 0.4) is 0 Å². The summed E-state index contributed by atoms with van der Waals surface area (Å²) >= 11 is 0. The second-order valence-corrected chi connectivity index (χ2v) is 4.09. The lowest BCUT2D eigenvalue weighted by Gasteiger charge is -2.30. The lowest BCUT2D eigenvalue weighted by Crippen LogP contribution is -2.38. The highest BCUT2D eigenvalue weighted by Crippen LogP contribution is 2.81. The zero-order valence-electron chi connectivity index (χ0n) is 6.87. The minimum absolute atomic E-state index is 0.162. The summed E-state index contributed by atoms with van der Waals surface area (Å²) in [6, 6.07) is 0. The first-order valence-electron chi connectivity index (χ1n) is 4.39. The van der Waals surface area contributed by atoms with Crippen LogP contribution in [-0.4, -0.2) is 17.4 Å². The molecule has 0 N–H and O–H groups in total. The molecule has 2 atom stereocenters. The Bertz CT molecular complexity index is 284. The molecule has 3 rings (SSSR count). The minimum Gasteiger partial charge on any atom is -0.459 e. The van der Waals surface area contributed by atoms with Crippen molar-refractivity contribution < 1.29 is 14.3 Å². The fraction of sp³-hybridized carbons (Fsp3) is 0.778. The molecule has 0 aromatic rings. The van der Waals surface area contributed by atoms with E-state index in [1.165, 1.54) is 6.92 Å². The number of carbonyl (C=O) groups is 2. The van der Waals surface area contributed by atoms with E-state index in [1.807, 2.05) is 0 Å². The van der Waals surface area contributed by atoms with Crippen LogP contribution in [-0.2, 0) is 14.3 Å². The second kappa shape index (κ2) is 1.58. The van der Waals surface area contributed by atoms with E-state index in [-0.39, 0.29) is 17.5 Å². The summed E-state index contributed by atoms with van der Waals surface area (Å²) in [5, 5.41) is 0. The molecule has 0 spiro atoms. The number of Topliss-reactive ketones (excluding diaryl/α,β-unsaturated/α-hetero) is 1. The molecule has 0 aromatic carbocycles. The monoisotopic (exact) mass is 166 g/mol. The standard InChI is InChI=1S/C9H10O3/c1-4(10)12-9-3-2-5(11)6-7(9)8(6)9/h6-8H,2-3H2,1H3. The Morgan fingerprint density at radius 3 is 2.75 bits per heavy atom. The molecule has 3 aliphatic carbocycles. The van der Waals surface area contributed by atoms with Crippen LogP contribution in [0, 0.1) is 17.8 Å². The number of ketones is 1. The number of rotatable bonds is 1. The van der Waals surface area contributed by atoms with Crippen molar-refractivity contribution in [1.29, 1.82) is 0 Å². The Morgan fingerprint density at radius 2 is 2.25 bits per heavy atom. The molecule has 0 aromatic heterocycles. The Balaban J connectivity index is 1.77. The van der Waals surface area contributed by atoms with E-state index >= 15 is 0 Å². The molecule has 0 heterocycles. The van der Waals surface area contributed by atoms with E-state index in [4.69, 9.17) is 4.74 Å². The van der Waals surface area contributed by atoms with Crippen molar-refractivity contribution >= 4 is 11.8 Å². The van der Waals surface area contributed by atoms with E-state index in [1.54, 1.807) is 0 Å². The van der Waals surface area contributed by atoms with E-state index in [0.717, 1.165) is 6.42 Å². The van der Waals surface area contributed by atoms with Crippen LogP contribution < -0.4 is 0 Å². The summed E-state index contributed by atoms with van der Waals surface area (Å²) in [5.74, 6) is 1.30. The maximum atomic E-state index is 11.1. The van der Waals surface area contributed by atoms with Crippen molar-refractivity contribution in [2.45, 2.75) is 25.4 Å². The van der Waals surface area contributed by atoms with Crippen LogP contribution >= 0.6 is 0 Å². The van der Waals surface area contributed by atoms with Gasteiger partial charge in [-0.25, -0.2) is 0 Å². The molecule has 0 radical (unpaired) electrons. The first-order chi connectivity index (χ1) is 5.67. The van der Waals surface area contributed by atoms with Crippen LogP contribution in [0.2, 0.25) is 0 Å². The summed E-state index contributed by atoms with van der Waals surface area (Å²) in [7, 11) is 0. The van der Waals surface area contributed by atoms with Gasteiger partial charge in [0, 0.05) is 31.1 Å². The van der Waals surface area contributed by atoms with Crippen LogP contribution in [0.25, 0.3) is 0 Å². The average Bonchev–Trinajstić information content (AvgIpc) is 2.79. The quantitative estimate of drug-likeness (QED) is 0.533. The van der Waals surface area contributed by atoms with Gasteiger partial charge in [0.25, 0.3) is 0 Å². The Labute approximate surface area is 70.1 Å². The predicted octanol–water partition coefficient (Wildman–Crippen LogP) is 0.527. The maximum Gasteiger partial charge on any atom is 0.303 e. The Kier molecular flexibility index (Phi) is 0.875. The number of fused-ring (bicyclic) bond motifs is 2. The van der Waals surface area contributed by atoms with Crippen molar-refractivity contribution in [3.63, 3.8) is 0 Å². The number of carbonyl (C=O) groups excluding carboxylic acids is 2. The van der Waals surface area contributed by atoms with Crippen molar-refractivity contribution in [3.8, 4) is 0 Å². The molecule has 3 fully saturated rings. The second-order valence-electron chi connectivity index (χ2n) is 4.09. The minimum atomic E-state index is -0.199. The van der Waals surface area contributed by atoms with Crippen molar-refractivity contribution in [2.75, 3.05) is 0 Å². The van der Waals surface area contributed by atoms with E-state index in [0.29, 0.717) is 24.0 Å². The largest absolute Gasteiger partial charge is 0.459 e. The SMILES string of the molecule is CC(=O)OC12CCC(=O)C3C1C32. The number of hydrogen-bond acceptors (Lipinski definition) is 3. The average molecular weight is 166 g/mol. The lowest BCUT2D eigenvalue weighted by atomic mass is 9.84. The highest BCUT2D eigenvalue weighted by atomic mass is 16.6.